The third-order valence-electron chi connectivity index (χ3n) is 15.0. The Hall–Kier alpha value is -1.20. The summed E-state index contributed by atoms with van der Waals surface area (Å²) in [6.07, 6.45) is 10.3. The minimum atomic E-state index is -0.665. The van der Waals surface area contributed by atoms with E-state index in [4.69, 9.17) is 9.47 Å². The molecule has 4 saturated carbocycles. The lowest BCUT2D eigenvalue weighted by atomic mass is 9.33. The molecule has 1 aliphatic heterocycles. The van der Waals surface area contributed by atoms with Crippen LogP contribution in [0, 0.1) is 50.2 Å². The number of fused-ring (bicyclic) bond motifs is 9. The van der Waals surface area contributed by atoms with Gasteiger partial charge < -0.3 is 19.7 Å². The molecule has 7 rings (SSSR count). The summed E-state index contributed by atoms with van der Waals surface area (Å²) in [4.78, 5) is 0. The molecule has 41 heavy (non-hydrogen) atoms. The van der Waals surface area contributed by atoms with E-state index in [1.165, 1.54) is 19.3 Å². The van der Waals surface area contributed by atoms with E-state index in [1.807, 2.05) is 0 Å². The van der Waals surface area contributed by atoms with Crippen molar-refractivity contribution in [1.82, 2.24) is 0 Å². The number of rotatable bonds is 1. The fourth-order valence-corrected chi connectivity index (χ4v) is 12.1. The Labute approximate surface area is 248 Å². The molecule has 0 aromatic heterocycles. The van der Waals surface area contributed by atoms with Gasteiger partial charge in [-0.15, -0.1) is 0 Å². The van der Waals surface area contributed by atoms with Gasteiger partial charge >= 0.3 is 0 Å². The third-order valence-corrected chi connectivity index (χ3v) is 15.0. The molecular weight excluding hydrogens is 508 g/mol. The summed E-state index contributed by atoms with van der Waals surface area (Å²) < 4.78 is 13.3. The van der Waals surface area contributed by atoms with Crippen molar-refractivity contribution in [2.24, 2.45) is 50.2 Å². The van der Waals surface area contributed by atoms with E-state index >= 15 is 0 Å². The maximum Gasteiger partial charge on any atom is 0.184 e. The number of hydrogen-bond acceptors (Lipinski definition) is 4. The average molecular weight is 563 g/mol. The number of aliphatic hydroxyl groups excluding tert-OH is 2. The second kappa shape index (κ2) is 8.93. The van der Waals surface area contributed by atoms with Crippen LogP contribution in [-0.4, -0.2) is 35.1 Å². The van der Waals surface area contributed by atoms with Crippen molar-refractivity contribution < 1.29 is 19.7 Å². The zero-order valence-corrected chi connectivity index (χ0v) is 26.6. The summed E-state index contributed by atoms with van der Waals surface area (Å²) in [7, 11) is 0. The Kier molecular flexibility index (Phi) is 6.22. The first-order valence-electron chi connectivity index (χ1n) is 16.6. The summed E-state index contributed by atoms with van der Waals surface area (Å²) in [5.41, 5.74) is 2.84. The molecule has 0 spiro atoms. The van der Waals surface area contributed by atoms with Crippen LogP contribution >= 0.6 is 0 Å². The third kappa shape index (κ3) is 3.60. The monoisotopic (exact) mass is 562 g/mol. The predicted octanol–water partition coefficient (Wildman–Crippen LogP) is 7.84. The lowest BCUT2D eigenvalue weighted by Gasteiger charge is -2.72. The number of aliphatic hydroxyl groups is 2. The first-order valence-corrected chi connectivity index (χ1v) is 16.6. The van der Waals surface area contributed by atoms with Crippen molar-refractivity contribution in [2.45, 2.75) is 124 Å². The summed E-state index contributed by atoms with van der Waals surface area (Å²) in [6.45, 7) is 17.7. The molecule has 5 aliphatic carbocycles. The standard InChI is InChI=1S/C37H54O4/c1-32(2)21-25-24-13-14-27-34(4)17-16-28-35(5,22-40-31(41-28)23-11-9-8-10-12-23)26(34)15-18-37(27,7)36(24,6)20-19-33(25,3)30(39)29(32)38/h8-13,25-31,38-39H,14-22H2,1-7H3/t25-,26?,27-,28?,29-,30+,31?,33-,34+,35+,36-,37-/m1/s1. The fraction of sp³-hybridized carbons (Fsp3) is 0.784. The van der Waals surface area contributed by atoms with Crippen molar-refractivity contribution in [1.29, 1.82) is 0 Å². The molecule has 5 fully saturated rings. The zero-order chi connectivity index (χ0) is 29.2. The van der Waals surface area contributed by atoms with Gasteiger partial charge in [0.1, 0.15) is 0 Å². The van der Waals surface area contributed by atoms with E-state index in [9.17, 15) is 10.2 Å². The number of benzene rings is 1. The van der Waals surface area contributed by atoms with Crippen LogP contribution in [0.1, 0.15) is 112 Å². The van der Waals surface area contributed by atoms with E-state index in [-0.39, 0.29) is 44.9 Å². The predicted molar refractivity (Wildman–Crippen MR) is 162 cm³/mol. The topological polar surface area (TPSA) is 58.9 Å². The Morgan fingerprint density at radius 3 is 2.22 bits per heavy atom. The molecule has 6 aliphatic rings. The highest BCUT2D eigenvalue weighted by Crippen LogP contribution is 2.76. The van der Waals surface area contributed by atoms with Crippen LogP contribution < -0.4 is 0 Å². The number of allylic oxidation sites excluding steroid dienone is 2. The van der Waals surface area contributed by atoms with Crippen LogP contribution in [-0.2, 0) is 9.47 Å². The first kappa shape index (κ1) is 28.6. The van der Waals surface area contributed by atoms with Crippen molar-refractivity contribution in [3.05, 3.63) is 47.5 Å². The fourth-order valence-electron chi connectivity index (χ4n) is 12.1. The van der Waals surface area contributed by atoms with Crippen LogP contribution in [0.25, 0.3) is 0 Å². The van der Waals surface area contributed by atoms with Gasteiger partial charge in [0.2, 0.25) is 0 Å². The van der Waals surface area contributed by atoms with E-state index in [0.717, 1.165) is 44.3 Å². The largest absolute Gasteiger partial charge is 0.390 e. The summed E-state index contributed by atoms with van der Waals surface area (Å²) in [5, 5.41) is 22.5. The molecule has 4 nitrogen and oxygen atoms in total. The Morgan fingerprint density at radius 1 is 0.756 bits per heavy atom. The van der Waals surface area contributed by atoms with Gasteiger partial charge in [0.15, 0.2) is 6.29 Å². The smallest absolute Gasteiger partial charge is 0.184 e. The molecule has 2 N–H and O–H groups in total. The molecule has 226 valence electrons. The number of ether oxygens (including phenoxy) is 2. The number of hydrogen-bond donors (Lipinski definition) is 2. The molecule has 0 amide bonds. The van der Waals surface area contributed by atoms with Crippen molar-refractivity contribution >= 4 is 0 Å². The molecule has 1 heterocycles. The van der Waals surface area contributed by atoms with Crippen LogP contribution in [0.3, 0.4) is 0 Å². The van der Waals surface area contributed by atoms with Gasteiger partial charge in [-0.1, -0.05) is 90.4 Å². The molecule has 0 bridgehead atoms. The molecule has 1 aromatic carbocycles. The Balaban J connectivity index is 1.21. The maximum atomic E-state index is 11.5. The highest BCUT2D eigenvalue weighted by molar-refractivity contribution is 5.34. The van der Waals surface area contributed by atoms with E-state index in [0.29, 0.717) is 17.8 Å². The van der Waals surface area contributed by atoms with Crippen molar-refractivity contribution in [3.8, 4) is 0 Å². The lowest BCUT2D eigenvalue weighted by molar-refractivity contribution is -0.318. The van der Waals surface area contributed by atoms with Crippen LogP contribution in [0.15, 0.2) is 42.0 Å². The molecule has 4 heteroatoms. The second-order valence-corrected chi connectivity index (χ2v) is 17.2. The first-order chi connectivity index (χ1) is 19.2. The van der Waals surface area contributed by atoms with E-state index < -0.39 is 12.2 Å². The summed E-state index contributed by atoms with van der Waals surface area (Å²) >= 11 is 0. The highest BCUT2D eigenvalue weighted by Gasteiger charge is 2.70. The summed E-state index contributed by atoms with van der Waals surface area (Å²) in [5.74, 6) is 1.55. The molecule has 3 unspecified atom stereocenters. The van der Waals surface area contributed by atoms with Gasteiger partial charge in [0.05, 0.1) is 24.9 Å². The maximum absolute atomic E-state index is 11.5. The van der Waals surface area contributed by atoms with Crippen LogP contribution in [0.5, 0.6) is 0 Å². The average Bonchev–Trinajstić information content (AvgIpc) is 2.94. The summed E-state index contributed by atoms with van der Waals surface area (Å²) in [6, 6.07) is 10.5. The molecular formula is C37H54O4. The van der Waals surface area contributed by atoms with Crippen molar-refractivity contribution in [3.63, 3.8) is 0 Å². The second-order valence-electron chi connectivity index (χ2n) is 17.2. The van der Waals surface area contributed by atoms with Gasteiger partial charge in [-0.2, -0.15) is 0 Å². The zero-order valence-electron chi connectivity index (χ0n) is 26.6. The SMILES string of the molecule is CC1(C)C[C@@H]2C3=CC[C@@H]4[C@@]5(C)CCC6OC(c7ccccc7)OC[C@@]6(C)C5CC[C@@]4(C)[C@]3(C)CC[C@@]2(C)[C@@H](O)[C@H]1O. The van der Waals surface area contributed by atoms with Gasteiger partial charge in [-0.25, -0.2) is 0 Å². The van der Waals surface area contributed by atoms with Gasteiger partial charge in [-0.05, 0) is 90.8 Å². The van der Waals surface area contributed by atoms with Crippen LogP contribution in [0.2, 0.25) is 0 Å². The minimum absolute atomic E-state index is 0.0310. The quantitative estimate of drug-likeness (QED) is 0.342. The molecule has 0 radical (unpaired) electrons. The molecule has 1 saturated heterocycles. The molecule has 12 atom stereocenters. The van der Waals surface area contributed by atoms with Crippen LogP contribution in [0.4, 0.5) is 0 Å². The Bertz CT molecular complexity index is 1220. The molecule has 1 aromatic rings. The van der Waals surface area contributed by atoms with E-state index in [2.05, 4.69) is 84.9 Å². The normalized spacial score (nSPS) is 54.0. The Morgan fingerprint density at radius 2 is 1.49 bits per heavy atom. The lowest BCUT2D eigenvalue weighted by Crippen LogP contribution is -2.67. The van der Waals surface area contributed by atoms with Crippen molar-refractivity contribution in [2.75, 3.05) is 6.61 Å². The minimum Gasteiger partial charge on any atom is -0.390 e. The van der Waals surface area contributed by atoms with Gasteiger partial charge in [0.25, 0.3) is 0 Å². The van der Waals surface area contributed by atoms with Gasteiger partial charge in [0, 0.05) is 16.4 Å². The highest BCUT2D eigenvalue weighted by atomic mass is 16.7. The van der Waals surface area contributed by atoms with E-state index in [1.54, 1.807) is 5.57 Å². The van der Waals surface area contributed by atoms with Gasteiger partial charge in [-0.3, -0.25) is 0 Å².